The molecule has 0 aliphatic carbocycles. The average Bonchev–Trinajstić information content (AvgIpc) is 3.02. The Bertz CT molecular complexity index is 704. The Hall–Kier alpha value is -2.14. The second-order valence-electron chi connectivity index (χ2n) is 6.21. The number of carbonyl (C=O) groups is 2. The van der Waals surface area contributed by atoms with Gasteiger partial charge in [-0.25, -0.2) is 4.79 Å². The second-order valence-corrected chi connectivity index (χ2v) is 7.12. The molecule has 4 nitrogen and oxygen atoms in total. The van der Waals surface area contributed by atoms with Gasteiger partial charge in [0.2, 0.25) is 0 Å². The van der Waals surface area contributed by atoms with Crippen molar-refractivity contribution in [2.75, 3.05) is 6.61 Å². The van der Waals surface area contributed by atoms with E-state index >= 15 is 0 Å². The maximum Gasteiger partial charge on any atom is 0.349 e. The Morgan fingerprint density at radius 2 is 1.79 bits per heavy atom. The summed E-state index contributed by atoms with van der Waals surface area (Å²) in [6.07, 6.45) is 0. The molecule has 0 aliphatic rings. The first-order chi connectivity index (χ1) is 11.4. The van der Waals surface area contributed by atoms with Gasteiger partial charge in [-0.1, -0.05) is 43.7 Å². The summed E-state index contributed by atoms with van der Waals surface area (Å²) in [6, 6.07) is 9.90. The molecule has 0 radical (unpaired) electrons. The van der Waals surface area contributed by atoms with Gasteiger partial charge in [-0.3, -0.25) is 4.79 Å². The minimum atomic E-state index is -0.465. The van der Waals surface area contributed by atoms with Gasteiger partial charge < -0.3 is 10.1 Å². The van der Waals surface area contributed by atoms with Crippen LogP contribution < -0.4 is 5.32 Å². The van der Waals surface area contributed by atoms with Gasteiger partial charge in [0.05, 0.1) is 0 Å². The molecule has 1 N–H and O–H groups in total. The Kier molecular flexibility index (Phi) is 6.15. The molecule has 1 aromatic carbocycles. The highest BCUT2D eigenvalue weighted by Crippen LogP contribution is 2.29. The van der Waals surface area contributed by atoms with E-state index in [1.165, 1.54) is 11.3 Å². The number of hydrogen-bond acceptors (Lipinski definition) is 4. The summed E-state index contributed by atoms with van der Waals surface area (Å²) in [5.41, 5.74) is 2.96. The van der Waals surface area contributed by atoms with Crippen molar-refractivity contribution in [1.29, 1.82) is 0 Å². The molecule has 0 aliphatic heterocycles. The third-order valence-corrected chi connectivity index (χ3v) is 4.83. The molecule has 0 saturated carbocycles. The smallest absolute Gasteiger partial charge is 0.349 e. The van der Waals surface area contributed by atoms with Gasteiger partial charge in [-0.05, 0) is 36.8 Å². The van der Waals surface area contributed by atoms with Crippen molar-refractivity contribution in [3.63, 3.8) is 0 Å². The molecule has 1 aromatic heterocycles. The van der Waals surface area contributed by atoms with Crippen LogP contribution in [-0.4, -0.2) is 24.5 Å². The van der Waals surface area contributed by atoms with Crippen LogP contribution in [0.1, 0.15) is 36.0 Å². The lowest BCUT2D eigenvalue weighted by Gasteiger charge is -2.17. The summed E-state index contributed by atoms with van der Waals surface area (Å²) >= 11 is 1.32. The monoisotopic (exact) mass is 345 g/mol. The molecule has 0 saturated heterocycles. The largest absolute Gasteiger partial charge is 0.451 e. The summed E-state index contributed by atoms with van der Waals surface area (Å²) in [7, 11) is 0. The lowest BCUT2D eigenvalue weighted by molar-refractivity contribution is -0.125. The number of ether oxygens (including phenoxy) is 1. The van der Waals surface area contributed by atoms with Gasteiger partial charge in [0.15, 0.2) is 6.61 Å². The summed E-state index contributed by atoms with van der Waals surface area (Å²) < 4.78 is 5.17. The SMILES string of the molecule is Cc1ccc(-c2ccsc2C(=O)OCC(=O)N[C@H](C)C(C)C)cc1. The van der Waals surface area contributed by atoms with Gasteiger partial charge >= 0.3 is 5.97 Å². The van der Waals surface area contributed by atoms with Crippen LogP contribution in [0.2, 0.25) is 0 Å². The van der Waals surface area contributed by atoms with E-state index in [0.717, 1.165) is 16.7 Å². The normalized spacial score (nSPS) is 12.0. The molecule has 5 heteroatoms. The van der Waals surface area contributed by atoms with Crippen molar-refractivity contribution in [3.8, 4) is 11.1 Å². The summed E-state index contributed by atoms with van der Waals surface area (Å²) in [5.74, 6) is -0.416. The third-order valence-electron chi connectivity index (χ3n) is 3.94. The fraction of sp³-hybridized carbons (Fsp3) is 0.368. The summed E-state index contributed by atoms with van der Waals surface area (Å²) in [5, 5.41) is 4.67. The van der Waals surface area contributed by atoms with E-state index in [1.807, 2.05) is 63.4 Å². The van der Waals surface area contributed by atoms with Crippen molar-refractivity contribution < 1.29 is 14.3 Å². The van der Waals surface area contributed by atoms with Crippen molar-refractivity contribution in [2.24, 2.45) is 5.92 Å². The van der Waals surface area contributed by atoms with Crippen LogP contribution in [0.15, 0.2) is 35.7 Å². The lowest BCUT2D eigenvalue weighted by atomic mass is 10.1. The molecular formula is C19H23NO3S. The Labute approximate surface area is 146 Å². The molecule has 1 heterocycles. The average molecular weight is 345 g/mol. The fourth-order valence-electron chi connectivity index (χ4n) is 2.09. The van der Waals surface area contributed by atoms with E-state index < -0.39 is 5.97 Å². The van der Waals surface area contributed by atoms with Crippen LogP contribution in [0.5, 0.6) is 0 Å². The van der Waals surface area contributed by atoms with Crippen molar-refractivity contribution in [3.05, 3.63) is 46.2 Å². The molecule has 0 fully saturated rings. The van der Waals surface area contributed by atoms with Crippen LogP contribution in [0.25, 0.3) is 11.1 Å². The van der Waals surface area contributed by atoms with Crippen LogP contribution in [-0.2, 0) is 9.53 Å². The van der Waals surface area contributed by atoms with Gasteiger partial charge in [0, 0.05) is 11.6 Å². The van der Waals surface area contributed by atoms with E-state index in [0.29, 0.717) is 10.8 Å². The maximum atomic E-state index is 12.3. The maximum absolute atomic E-state index is 12.3. The van der Waals surface area contributed by atoms with Gasteiger partial charge in [0.1, 0.15) is 4.88 Å². The predicted molar refractivity (Wildman–Crippen MR) is 97.2 cm³/mol. The zero-order valence-corrected chi connectivity index (χ0v) is 15.3. The zero-order valence-electron chi connectivity index (χ0n) is 14.5. The Morgan fingerprint density at radius 3 is 2.42 bits per heavy atom. The number of amides is 1. The molecule has 24 heavy (non-hydrogen) atoms. The first-order valence-corrected chi connectivity index (χ1v) is 8.87. The molecule has 0 spiro atoms. The minimum absolute atomic E-state index is 0.0426. The van der Waals surface area contributed by atoms with Crippen LogP contribution >= 0.6 is 11.3 Å². The standard InChI is InChI=1S/C19H23NO3S/c1-12(2)14(4)20-17(21)11-23-19(22)18-16(9-10-24-18)15-7-5-13(3)6-8-15/h5-10,12,14H,11H2,1-4H3,(H,20,21)/t14-/m1/s1. The minimum Gasteiger partial charge on any atom is -0.451 e. The van der Waals surface area contributed by atoms with Gasteiger partial charge in [-0.15, -0.1) is 11.3 Å². The molecule has 2 rings (SSSR count). The number of hydrogen-bond donors (Lipinski definition) is 1. The Balaban J connectivity index is 2.00. The summed E-state index contributed by atoms with van der Waals surface area (Å²) in [6.45, 7) is 7.73. The number of aryl methyl sites for hydroxylation is 1. The summed E-state index contributed by atoms with van der Waals surface area (Å²) in [4.78, 5) is 24.7. The van der Waals surface area contributed by atoms with Crippen LogP contribution in [0.4, 0.5) is 0 Å². The molecule has 0 unspecified atom stereocenters. The van der Waals surface area contributed by atoms with Gasteiger partial charge in [0.25, 0.3) is 5.91 Å². The van der Waals surface area contributed by atoms with Crippen LogP contribution in [0, 0.1) is 12.8 Å². The van der Waals surface area contributed by atoms with E-state index in [1.54, 1.807) is 0 Å². The topological polar surface area (TPSA) is 55.4 Å². The van der Waals surface area contributed by atoms with E-state index in [-0.39, 0.29) is 18.6 Å². The molecule has 1 amide bonds. The zero-order chi connectivity index (χ0) is 17.7. The van der Waals surface area contributed by atoms with E-state index in [9.17, 15) is 9.59 Å². The highest BCUT2D eigenvalue weighted by atomic mass is 32.1. The number of thiophene rings is 1. The number of benzene rings is 1. The molecule has 1 atom stereocenters. The molecule has 0 bridgehead atoms. The third kappa shape index (κ3) is 4.68. The molecular weight excluding hydrogens is 322 g/mol. The van der Waals surface area contributed by atoms with Crippen molar-refractivity contribution in [2.45, 2.75) is 33.7 Å². The predicted octanol–water partition coefficient (Wildman–Crippen LogP) is 4.04. The van der Waals surface area contributed by atoms with Gasteiger partial charge in [-0.2, -0.15) is 0 Å². The molecule has 2 aromatic rings. The quantitative estimate of drug-likeness (QED) is 0.804. The van der Waals surface area contributed by atoms with E-state index in [2.05, 4.69) is 5.32 Å². The van der Waals surface area contributed by atoms with Crippen molar-refractivity contribution >= 4 is 23.2 Å². The van der Waals surface area contributed by atoms with Crippen LogP contribution in [0.3, 0.4) is 0 Å². The number of carbonyl (C=O) groups excluding carboxylic acids is 2. The first-order valence-electron chi connectivity index (χ1n) is 7.99. The van der Waals surface area contributed by atoms with E-state index in [4.69, 9.17) is 4.74 Å². The highest BCUT2D eigenvalue weighted by Gasteiger charge is 2.18. The first kappa shape index (κ1) is 18.2. The highest BCUT2D eigenvalue weighted by molar-refractivity contribution is 7.12. The second kappa shape index (κ2) is 8.11. The molecule has 128 valence electrons. The number of esters is 1. The number of rotatable bonds is 6. The van der Waals surface area contributed by atoms with Crippen molar-refractivity contribution in [1.82, 2.24) is 5.32 Å². The fourth-order valence-corrected chi connectivity index (χ4v) is 2.89. The number of nitrogens with one attached hydrogen (secondary N) is 1. The Morgan fingerprint density at radius 1 is 1.12 bits per heavy atom. The lowest BCUT2D eigenvalue weighted by Crippen LogP contribution is -2.38.